The number of hydrogen-bond donors (Lipinski definition) is 1. The standard InChI is InChI=1S/C32H41ClN6O6/c1-37(2)9-5-6-28(40)38-10-7-23(19-38)45-13-11-39-30-22(18-35-32(36-30)34-17-21-8-12-44-20-21)14-26(31(39)41)25-15-24(42-3)16-27(43-4)29(25)33/h5-6,14-16,18,21,23H,7-13,17,19-20H2,1-4H3,(H,34,35,36)/b6-5+. The van der Waals surface area contributed by atoms with E-state index >= 15 is 0 Å². The minimum Gasteiger partial charge on any atom is -0.497 e. The Kier molecular flexibility index (Phi) is 10.9. The number of carbonyl (C=O) groups excluding carboxylic acids is 1. The normalized spacial score (nSPS) is 18.4. The molecule has 2 unspecified atom stereocenters. The highest BCUT2D eigenvalue weighted by atomic mass is 35.5. The smallest absolute Gasteiger partial charge is 0.260 e. The second-order valence-electron chi connectivity index (χ2n) is 11.5. The van der Waals surface area contributed by atoms with Gasteiger partial charge in [0.2, 0.25) is 11.9 Å². The molecule has 5 rings (SSSR count). The Morgan fingerprint density at radius 3 is 2.78 bits per heavy atom. The van der Waals surface area contributed by atoms with E-state index in [1.54, 1.807) is 47.0 Å². The molecular formula is C32H41ClN6O6. The van der Waals surface area contributed by atoms with E-state index in [1.807, 2.05) is 25.1 Å². The number of hydrogen-bond acceptors (Lipinski definition) is 10. The van der Waals surface area contributed by atoms with Crippen molar-refractivity contribution in [1.29, 1.82) is 0 Å². The third-order valence-corrected chi connectivity index (χ3v) is 8.40. The van der Waals surface area contributed by atoms with E-state index in [0.29, 0.717) is 83.3 Å². The number of fused-ring (bicyclic) bond motifs is 1. The monoisotopic (exact) mass is 640 g/mol. The molecule has 2 aliphatic rings. The zero-order valence-electron chi connectivity index (χ0n) is 26.3. The van der Waals surface area contributed by atoms with Crippen LogP contribution in [0.15, 0.2) is 41.3 Å². The first kappa shape index (κ1) is 32.7. The van der Waals surface area contributed by atoms with E-state index < -0.39 is 0 Å². The Morgan fingerprint density at radius 1 is 1.20 bits per heavy atom. The van der Waals surface area contributed by atoms with Crippen LogP contribution in [-0.2, 0) is 20.8 Å². The molecule has 0 saturated carbocycles. The number of nitrogens with zero attached hydrogens (tertiary/aromatic N) is 5. The van der Waals surface area contributed by atoms with E-state index in [1.165, 1.54) is 7.11 Å². The van der Waals surface area contributed by atoms with E-state index in [4.69, 9.17) is 35.5 Å². The molecule has 4 heterocycles. The highest BCUT2D eigenvalue weighted by Gasteiger charge is 2.26. The predicted molar refractivity (Wildman–Crippen MR) is 173 cm³/mol. The third kappa shape index (κ3) is 7.93. The summed E-state index contributed by atoms with van der Waals surface area (Å²) < 4.78 is 24.2. The number of nitrogens with one attached hydrogen (secondary N) is 1. The van der Waals surface area contributed by atoms with Crippen LogP contribution >= 0.6 is 11.6 Å². The van der Waals surface area contributed by atoms with Gasteiger partial charge in [-0.25, -0.2) is 4.98 Å². The molecule has 0 bridgehead atoms. The first-order valence-corrected chi connectivity index (χ1v) is 15.5. The fraction of sp³-hybridized carbons (Fsp3) is 0.500. The van der Waals surface area contributed by atoms with Gasteiger partial charge in [-0.05, 0) is 39.1 Å². The Balaban J connectivity index is 1.40. The molecule has 242 valence electrons. The number of benzene rings is 1. The van der Waals surface area contributed by atoms with Gasteiger partial charge in [-0.3, -0.25) is 14.2 Å². The van der Waals surface area contributed by atoms with Gasteiger partial charge in [0.25, 0.3) is 5.56 Å². The summed E-state index contributed by atoms with van der Waals surface area (Å²) in [5.41, 5.74) is 1.03. The summed E-state index contributed by atoms with van der Waals surface area (Å²) in [7, 11) is 6.96. The SMILES string of the molecule is COc1cc(OC)c(Cl)c(-c2cc3cnc(NCC4CCOC4)nc3n(CCOC3CCN(C(=O)/C=C/CN(C)C)C3)c2=O)c1. The lowest BCUT2D eigenvalue weighted by Gasteiger charge is -2.18. The zero-order valence-corrected chi connectivity index (χ0v) is 27.0. The molecule has 0 radical (unpaired) electrons. The molecule has 1 N–H and O–H groups in total. The van der Waals surface area contributed by atoms with E-state index in [2.05, 4.69) is 10.3 Å². The average Bonchev–Trinajstić information content (AvgIpc) is 3.74. The lowest BCUT2D eigenvalue weighted by Crippen LogP contribution is -2.30. The van der Waals surface area contributed by atoms with Crippen molar-refractivity contribution in [2.24, 2.45) is 5.92 Å². The predicted octanol–water partition coefficient (Wildman–Crippen LogP) is 3.31. The van der Waals surface area contributed by atoms with Crippen molar-refractivity contribution in [2.75, 3.05) is 79.6 Å². The van der Waals surface area contributed by atoms with Gasteiger partial charge in [0, 0.05) is 73.6 Å². The van der Waals surface area contributed by atoms with Crippen molar-refractivity contribution in [1.82, 2.24) is 24.3 Å². The fourth-order valence-electron chi connectivity index (χ4n) is 5.50. The van der Waals surface area contributed by atoms with E-state index in [9.17, 15) is 9.59 Å². The van der Waals surface area contributed by atoms with Crippen LogP contribution in [0.2, 0.25) is 5.02 Å². The molecule has 2 aromatic heterocycles. The zero-order chi connectivity index (χ0) is 31.9. The molecule has 45 heavy (non-hydrogen) atoms. The highest BCUT2D eigenvalue weighted by molar-refractivity contribution is 6.35. The molecule has 1 amide bonds. The second kappa shape index (κ2) is 15.0. The van der Waals surface area contributed by atoms with Gasteiger partial charge in [-0.15, -0.1) is 0 Å². The van der Waals surface area contributed by atoms with Crippen LogP contribution in [0, 0.1) is 5.92 Å². The number of amides is 1. The fourth-order valence-corrected chi connectivity index (χ4v) is 5.79. The minimum absolute atomic E-state index is 0.0237. The highest BCUT2D eigenvalue weighted by Crippen LogP contribution is 2.38. The maximum absolute atomic E-state index is 14.1. The van der Waals surface area contributed by atoms with E-state index in [0.717, 1.165) is 19.4 Å². The van der Waals surface area contributed by atoms with Crippen LogP contribution in [0.25, 0.3) is 22.2 Å². The second-order valence-corrected chi connectivity index (χ2v) is 11.9. The number of likely N-dealkylation sites (tertiary alicyclic amines) is 1. The van der Waals surface area contributed by atoms with Crippen LogP contribution < -0.4 is 20.3 Å². The molecule has 2 atom stereocenters. The quantitative estimate of drug-likeness (QED) is 0.279. The number of likely N-dealkylation sites (N-methyl/N-ethyl adjacent to an activating group) is 1. The molecule has 3 aromatic rings. The topological polar surface area (TPSA) is 120 Å². The Morgan fingerprint density at radius 2 is 2.04 bits per heavy atom. The Bertz CT molecular complexity index is 1590. The summed E-state index contributed by atoms with van der Waals surface area (Å²) in [4.78, 5) is 39.8. The Hall–Kier alpha value is -3.71. The summed E-state index contributed by atoms with van der Waals surface area (Å²) in [6, 6.07) is 5.13. The molecule has 0 aliphatic carbocycles. The summed E-state index contributed by atoms with van der Waals surface area (Å²) >= 11 is 6.71. The van der Waals surface area contributed by atoms with Crippen molar-refractivity contribution in [3.8, 4) is 22.6 Å². The number of rotatable bonds is 13. The van der Waals surface area contributed by atoms with Crippen LogP contribution in [-0.4, -0.2) is 111 Å². The van der Waals surface area contributed by atoms with Gasteiger partial charge in [-0.2, -0.15) is 4.98 Å². The van der Waals surface area contributed by atoms with Gasteiger partial charge >= 0.3 is 0 Å². The number of halogens is 1. The van der Waals surface area contributed by atoms with Gasteiger partial charge in [0.05, 0.1) is 45.1 Å². The van der Waals surface area contributed by atoms with Crippen molar-refractivity contribution in [3.05, 3.63) is 51.9 Å². The van der Waals surface area contributed by atoms with Gasteiger partial charge in [0.1, 0.15) is 17.1 Å². The van der Waals surface area contributed by atoms with Crippen LogP contribution in [0.3, 0.4) is 0 Å². The molecule has 2 saturated heterocycles. The van der Waals surface area contributed by atoms with Crippen LogP contribution in [0.1, 0.15) is 12.8 Å². The molecule has 0 spiro atoms. The minimum atomic E-state index is -0.286. The summed E-state index contributed by atoms with van der Waals surface area (Å²) in [5.74, 6) is 1.69. The summed E-state index contributed by atoms with van der Waals surface area (Å²) in [6.07, 6.45) is 6.75. The van der Waals surface area contributed by atoms with Crippen molar-refractivity contribution >= 4 is 34.5 Å². The van der Waals surface area contributed by atoms with Crippen LogP contribution in [0.4, 0.5) is 5.95 Å². The molecular weight excluding hydrogens is 600 g/mol. The lowest BCUT2D eigenvalue weighted by atomic mass is 10.0. The van der Waals surface area contributed by atoms with Crippen molar-refractivity contribution in [2.45, 2.75) is 25.5 Å². The van der Waals surface area contributed by atoms with E-state index in [-0.39, 0.29) is 30.7 Å². The number of aromatic nitrogens is 3. The van der Waals surface area contributed by atoms with Crippen LogP contribution in [0.5, 0.6) is 11.5 Å². The Labute approximate surface area is 267 Å². The average molecular weight is 641 g/mol. The third-order valence-electron chi connectivity index (χ3n) is 8.01. The molecule has 1 aromatic carbocycles. The molecule has 2 fully saturated rings. The van der Waals surface area contributed by atoms with Gasteiger partial charge < -0.3 is 34.1 Å². The first-order valence-electron chi connectivity index (χ1n) is 15.1. The first-order chi connectivity index (χ1) is 21.8. The number of anilines is 1. The molecule has 2 aliphatic heterocycles. The number of pyridine rings is 1. The van der Waals surface area contributed by atoms with Crippen molar-refractivity contribution in [3.63, 3.8) is 0 Å². The maximum Gasteiger partial charge on any atom is 0.260 e. The van der Waals surface area contributed by atoms with Gasteiger partial charge in [0.15, 0.2) is 0 Å². The lowest BCUT2D eigenvalue weighted by molar-refractivity contribution is -0.125. The van der Waals surface area contributed by atoms with Gasteiger partial charge in [-0.1, -0.05) is 17.7 Å². The summed E-state index contributed by atoms with van der Waals surface area (Å²) in [6.45, 7) is 4.45. The number of carbonyl (C=O) groups is 1. The number of methoxy groups -OCH3 is 2. The number of ether oxygens (including phenoxy) is 4. The largest absolute Gasteiger partial charge is 0.497 e. The maximum atomic E-state index is 14.1. The molecule has 12 nitrogen and oxygen atoms in total. The molecule has 13 heteroatoms. The summed E-state index contributed by atoms with van der Waals surface area (Å²) in [5, 5.41) is 4.26. The van der Waals surface area contributed by atoms with Crippen molar-refractivity contribution < 1.29 is 23.7 Å².